The number of piperidine rings is 1. The van der Waals surface area contributed by atoms with Gasteiger partial charge in [0.1, 0.15) is 17.8 Å². The number of hydrogen-bond acceptors (Lipinski definition) is 6. The van der Waals surface area contributed by atoms with Gasteiger partial charge in [-0.2, -0.15) is 14.6 Å². The van der Waals surface area contributed by atoms with Gasteiger partial charge < -0.3 is 14.4 Å². The smallest absolute Gasteiger partial charge is 0.252 e. The summed E-state index contributed by atoms with van der Waals surface area (Å²) in [5, 5.41) is 4.29. The molecule has 8 heteroatoms. The minimum absolute atomic E-state index is 0.0509. The third kappa shape index (κ3) is 3.37. The monoisotopic (exact) mass is 381 g/mol. The van der Waals surface area contributed by atoms with Crippen molar-refractivity contribution in [1.82, 2.24) is 24.5 Å². The molecule has 28 heavy (non-hydrogen) atoms. The normalized spacial score (nSPS) is 16.9. The number of hydrogen-bond donors (Lipinski definition) is 0. The molecular weight excluding hydrogens is 358 g/mol. The number of carbonyl (C=O) groups excluding carboxylic acids is 1. The number of amides is 1. The minimum atomic E-state index is -0.0509. The van der Waals surface area contributed by atoms with Gasteiger partial charge in [0.05, 0.1) is 32.4 Å². The molecule has 0 saturated carbocycles. The van der Waals surface area contributed by atoms with Gasteiger partial charge in [-0.05, 0) is 43.5 Å². The molecule has 0 spiro atoms. The topological polar surface area (TPSA) is 81.9 Å². The maximum atomic E-state index is 13.3. The predicted octanol–water partition coefficient (Wildman–Crippen LogP) is 2.44. The van der Waals surface area contributed by atoms with E-state index in [-0.39, 0.29) is 18.4 Å². The van der Waals surface area contributed by atoms with E-state index in [1.54, 1.807) is 24.9 Å². The predicted molar refractivity (Wildman–Crippen MR) is 102 cm³/mol. The van der Waals surface area contributed by atoms with E-state index in [0.717, 1.165) is 30.5 Å². The largest absolute Gasteiger partial charge is 0.497 e. The van der Waals surface area contributed by atoms with Gasteiger partial charge in [0.2, 0.25) is 5.91 Å². The Bertz CT molecular complexity index is 987. The number of methoxy groups -OCH3 is 2. The highest BCUT2D eigenvalue weighted by Crippen LogP contribution is 2.32. The fourth-order valence-corrected chi connectivity index (χ4v) is 3.83. The van der Waals surface area contributed by atoms with Crippen LogP contribution in [-0.4, -0.2) is 51.2 Å². The number of benzene rings is 1. The second kappa shape index (κ2) is 7.84. The van der Waals surface area contributed by atoms with Crippen LogP contribution in [0.2, 0.25) is 0 Å². The van der Waals surface area contributed by atoms with Crippen molar-refractivity contribution < 1.29 is 14.3 Å². The van der Waals surface area contributed by atoms with E-state index in [0.29, 0.717) is 23.8 Å². The van der Waals surface area contributed by atoms with E-state index in [1.165, 1.54) is 6.33 Å². The van der Waals surface area contributed by atoms with Crippen molar-refractivity contribution >= 4 is 11.7 Å². The van der Waals surface area contributed by atoms with E-state index in [9.17, 15) is 4.79 Å². The Morgan fingerprint density at radius 3 is 2.89 bits per heavy atom. The Kier molecular flexibility index (Phi) is 5.10. The van der Waals surface area contributed by atoms with Gasteiger partial charge in [0.15, 0.2) is 0 Å². The molecule has 4 rings (SSSR count). The minimum Gasteiger partial charge on any atom is -0.497 e. The zero-order valence-electron chi connectivity index (χ0n) is 16.0. The number of rotatable bonds is 5. The third-order valence-electron chi connectivity index (χ3n) is 5.20. The number of ether oxygens (including phenoxy) is 2. The second-order valence-electron chi connectivity index (χ2n) is 6.79. The van der Waals surface area contributed by atoms with E-state index >= 15 is 0 Å². The lowest BCUT2D eigenvalue weighted by molar-refractivity contribution is -0.134. The molecule has 0 unspecified atom stereocenters. The fourth-order valence-electron chi connectivity index (χ4n) is 3.83. The Labute approximate surface area is 163 Å². The molecule has 1 aromatic carbocycles. The van der Waals surface area contributed by atoms with Crippen LogP contribution in [0, 0.1) is 0 Å². The summed E-state index contributed by atoms with van der Waals surface area (Å²) in [4.78, 5) is 23.6. The van der Waals surface area contributed by atoms with Gasteiger partial charge in [-0.1, -0.05) is 0 Å². The molecule has 0 aliphatic carbocycles. The van der Waals surface area contributed by atoms with Crippen LogP contribution in [0.4, 0.5) is 0 Å². The summed E-state index contributed by atoms with van der Waals surface area (Å²) in [6.07, 6.45) is 6.41. The summed E-state index contributed by atoms with van der Waals surface area (Å²) >= 11 is 0. The van der Waals surface area contributed by atoms with Crippen molar-refractivity contribution in [2.45, 2.75) is 31.7 Å². The van der Waals surface area contributed by atoms with E-state index in [1.807, 2.05) is 29.2 Å². The van der Waals surface area contributed by atoms with Crippen LogP contribution in [0.3, 0.4) is 0 Å². The Morgan fingerprint density at radius 2 is 2.07 bits per heavy atom. The molecule has 2 aromatic heterocycles. The summed E-state index contributed by atoms with van der Waals surface area (Å²) in [5.74, 6) is 1.99. The summed E-state index contributed by atoms with van der Waals surface area (Å²) in [6.45, 7) is 0.717. The maximum Gasteiger partial charge on any atom is 0.252 e. The number of nitrogens with zero attached hydrogens (tertiary/aromatic N) is 5. The summed E-state index contributed by atoms with van der Waals surface area (Å²) in [7, 11) is 3.22. The van der Waals surface area contributed by atoms with Crippen LogP contribution in [0.1, 0.15) is 36.6 Å². The summed E-state index contributed by atoms with van der Waals surface area (Å²) in [6, 6.07) is 7.39. The summed E-state index contributed by atoms with van der Waals surface area (Å²) < 4.78 is 12.5. The number of aromatic nitrogens is 4. The molecule has 146 valence electrons. The molecule has 1 amide bonds. The average Bonchev–Trinajstić information content (AvgIpc) is 3.22. The van der Waals surface area contributed by atoms with Crippen LogP contribution in [0.15, 0.2) is 36.8 Å². The molecular formula is C20H23N5O3. The molecule has 8 nitrogen and oxygen atoms in total. The summed E-state index contributed by atoms with van der Waals surface area (Å²) in [5.41, 5.74) is 1.75. The molecule has 3 aromatic rings. The zero-order chi connectivity index (χ0) is 19.5. The Hall–Kier alpha value is -3.16. The maximum absolute atomic E-state index is 13.3. The van der Waals surface area contributed by atoms with Crippen molar-refractivity contribution in [1.29, 1.82) is 0 Å². The zero-order valence-corrected chi connectivity index (χ0v) is 16.0. The molecule has 0 radical (unpaired) electrons. The van der Waals surface area contributed by atoms with Crippen molar-refractivity contribution in [2.75, 3.05) is 20.8 Å². The lowest BCUT2D eigenvalue weighted by Gasteiger charge is -2.36. The first-order valence-electron chi connectivity index (χ1n) is 9.36. The highest BCUT2D eigenvalue weighted by Gasteiger charge is 2.30. The molecule has 1 aliphatic heterocycles. The van der Waals surface area contributed by atoms with Crippen molar-refractivity contribution in [3.8, 4) is 11.5 Å². The van der Waals surface area contributed by atoms with Gasteiger partial charge >= 0.3 is 0 Å². The average molecular weight is 381 g/mol. The quantitative estimate of drug-likeness (QED) is 0.675. The third-order valence-corrected chi connectivity index (χ3v) is 5.20. The van der Waals surface area contributed by atoms with Gasteiger partial charge in [0, 0.05) is 18.3 Å². The van der Waals surface area contributed by atoms with Gasteiger partial charge in [-0.3, -0.25) is 4.79 Å². The van der Waals surface area contributed by atoms with Crippen LogP contribution in [-0.2, 0) is 11.2 Å². The first kappa shape index (κ1) is 18.2. The molecule has 1 fully saturated rings. The highest BCUT2D eigenvalue weighted by atomic mass is 16.5. The van der Waals surface area contributed by atoms with Gasteiger partial charge in [0.25, 0.3) is 5.78 Å². The lowest BCUT2D eigenvalue weighted by atomic mass is 9.97. The van der Waals surface area contributed by atoms with E-state index in [2.05, 4.69) is 15.1 Å². The standard InChI is InChI=1S/C20H23N5O3/c1-27-15-6-7-18(28-2)14(11-15)12-19(26)24-10-4-3-5-16(24)17-8-9-21-20-22-13-23-25(17)20/h6-9,11,13,16H,3-5,10,12H2,1-2H3/t16-/m1/s1. The Balaban J connectivity index is 1.63. The number of fused-ring (bicyclic) bond motifs is 1. The van der Waals surface area contributed by atoms with Gasteiger partial charge in [-0.25, -0.2) is 4.98 Å². The fraction of sp³-hybridized carbons (Fsp3) is 0.400. The molecule has 1 saturated heterocycles. The van der Waals surface area contributed by atoms with Crippen LogP contribution in [0.25, 0.3) is 5.78 Å². The number of likely N-dealkylation sites (tertiary alicyclic amines) is 1. The molecule has 1 aliphatic rings. The molecule has 0 bridgehead atoms. The first-order valence-corrected chi connectivity index (χ1v) is 9.36. The van der Waals surface area contributed by atoms with Crippen molar-refractivity contribution in [2.24, 2.45) is 0 Å². The number of carbonyl (C=O) groups is 1. The van der Waals surface area contributed by atoms with Crippen molar-refractivity contribution in [3.63, 3.8) is 0 Å². The molecule has 0 N–H and O–H groups in total. The van der Waals surface area contributed by atoms with E-state index in [4.69, 9.17) is 9.47 Å². The first-order chi connectivity index (χ1) is 13.7. The second-order valence-corrected chi connectivity index (χ2v) is 6.79. The van der Waals surface area contributed by atoms with Crippen LogP contribution >= 0.6 is 0 Å². The van der Waals surface area contributed by atoms with Crippen molar-refractivity contribution in [3.05, 3.63) is 48.0 Å². The highest BCUT2D eigenvalue weighted by molar-refractivity contribution is 5.80. The molecule has 1 atom stereocenters. The lowest BCUT2D eigenvalue weighted by Crippen LogP contribution is -2.40. The SMILES string of the molecule is COc1ccc(OC)c(CC(=O)N2CCCC[C@@H]2c2ccnc3ncnn23)c1. The van der Waals surface area contributed by atoms with Crippen LogP contribution in [0.5, 0.6) is 11.5 Å². The van der Waals surface area contributed by atoms with Crippen LogP contribution < -0.4 is 9.47 Å². The molecule has 3 heterocycles. The Morgan fingerprint density at radius 1 is 1.18 bits per heavy atom. The van der Waals surface area contributed by atoms with E-state index < -0.39 is 0 Å². The van der Waals surface area contributed by atoms with Gasteiger partial charge in [-0.15, -0.1) is 0 Å².